The van der Waals surface area contributed by atoms with Gasteiger partial charge in [-0.2, -0.15) is 18.3 Å². The third kappa shape index (κ3) is 6.20. The number of amides is 1. The van der Waals surface area contributed by atoms with Crippen molar-refractivity contribution in [1.82, 2.24) is 29.3 Å². The maximum atomic E-state index is 14.2. The van der Waals surface area contributed by atoms with E-state index in [1.165, 1.54) is 35.8 Å². The van der Waals surface area contributed by atoms with Crippen LogP contribution in [-0.2, 0) is 9.53 Å². The highest BCUT2D eigenvalue weighted by Gasteiger charge is 2.45. The van der Waals surface area contributed by atoms with Crippen LogP contribution < -0.4 is 5.32 Å². The first kappa shape index (κ1) is 28.1. The molecule has 2 atom stereocenters. The Bertz CT molecular complexity index is 1260. The Morgan fingerprint density at radius 3 is 2.47 bits per heavy atom. The molecule has 0 radical (unpaired) electrons. The van der Waals surface area contributed by atoms with Gasteiger partial charge in [0.15, 0.2) is 11.7 Å². The predicted molar refractivity (Wildman–Crippen MR) is 139 cm³/mol. The molecule has 0 saturated carbocycles. The molecular formula is C25H31ClF3N7O2. The molecule has 4 rings (SSSR count). The van der Waals surface area contributed by atoms with Crippen molar-refractivity contribution in [3.8, 4) is 0 Å². The van der Waals surface area contributed by atoms with Crippen molar-refractivity contribution in [3.63, 3.8) is 0 Å². The average molecular weight is 554 g/mol. The molecule has 1 aromatic carbocycles. The van der Waals surface area contributed by atoms with E-state index in [1.807, 2.05) is 18.9 Å². The first-order chi connectivity index (χ1) is 18.0. The number of piperazine rings is 1. The summed E-state index contributed by atoms with van der Waals surface area (Å²) in [5, 5.41) is 7.76. The third-order valence-electron chi connectivity index (χ3n) is 6.81. The van der Waals surface area contributed by atoms with Crippen LogP contribution in [0.2, 0.25) is 5.15 Å². The number of rotatable bonds is 8. The van der Waals surface area contributed by atoms with Crippen molar-refractivity contribution in [2.24, 2.45) is 0 Å². The van der Waals surface area contributed by atoms with Gasteiger partial charge >= 0.3 is 6.18 Å². The van der Waals surface area contributed by atoms with Gasteiger partial charge in [-0.25, -0.2) is 9.50 Å². The van der Waals surface area contributed by atoms with Crippen LogP contribution in [-0.4, -0.2) is 95.3 Å². The minimum Gasteiger partial charge on any atom is -0.377 e. The molecule has 1 fully saturated rings. The van der Waals surface area contributed by atoms with Gasteiger partial charge in [0.2, 0.25) is 5.91 Å². The maximum absolute atomic E-state index is 14.2. The average Bonchev–Trinajstić information content (AvgIpc) is 3.25. The summed E-state index contributed by atoms with van der Waals surface area (Å²) in [6.45, 7) is 4.62. The van der Waals surface area contributed by atoms with E-state index >= 15 is 0 Å². The van der Waals surface area contributed by atoms with E-state index in [4.69, 9.17) is 16.3 Å². The zero-order chi connectivity index (χ0) is 27.6. The van der Waals surface area contributed by atoms with Crippen LogP contribution in [0.1, 0.15) is 30.2 Å². The highest BCUT2D eigenvalue weighted by Crippen LogP contribution is 2.38. The highest BCUT2D eigenvalue weighted by atomic mass is 35.5. The molecule has 0 unspecified atom stereocenters. The van der Waals surface area contributed by atoms with E-state index in [0.29, 0.717) is 35.7 Å². The third-order valence-corrected chi connectivity index (χ3v) is 6.99. The monoisotopic (exact) mass is 553 g/mol. The van der Waals surface area contributed by atoms with Gasteiger partial charge in [0.05, 0.1) is 36.3 Å². The molecule has 3 heterocycles. The number of carbonyl (C=O) groups is 1. The van der Waals surface area contributed by atoms with E-state index in [2.05, 4.69) is 20.3 Å². The summed E-state index contributed by atoms with van der Waals surface area (Å²) < 4.78 is 49.5. The summed E-state index contributed by atoms with van der Waals surface area (Å²) in [6.07, 6.45) is -1.86. The minimum absolute atomic E-state index is 0.0311. The number of methoxy groups -OCH3 is 1. The lowest BCUT2D eigenvalue weighted by atomic mass is 10.0. The van der Waals surface area contributed by atoms with Crippen molar-refractivity contribution < 1.29 is 22.7 Å². The number of likely N-dealkylation sites (N-methyl/N-ethyl adjacent to an activating group) is 2. The Labute approximate surface area is 224 Å². The van der Waals surface area contributed by atoms with Crippen molar-refractivity contribution in [2.75, 3.05) is 59.2 Å². The molecule has 1 saturated heterocycles. The fourth-order valence-electron chi connectivity index (χ4n) is 4.53. The smallest absolute Gasteiger partial charge is 0.377 e. The fourth-order valence-corrected chi connectivity index (χ4v) is 4.70. The number of benzene rings is 1. The number of alkyl halides is 3. The van der Waals surface area contributed by atoms with Crippen LogP contribution in [0.4, 0.5) is 24.5 Å². The number of aromatic nitrogens is 3. The second-order valence-corrected chi connectivity index (χ2v) is 9.84. The molecule has 0 spiro atoms. The summed E-state index contributed by atoms with van der Waals surface area (Å²) >= 11 is 6.05. The molecule has 206 valence electrons. The Balaban J connectivity index is 1.54. The molecular weight excluding hydrogens is 523 g/mol. The van der Waals surface area contributed by atoms with Gasteiger partial charge in [0, 0.05) is 46.0 Å². The first-order valence-electron chi connectivity index (χ1n) is 12.1. The lowest BCUT2D eigenvalue weighted by molar-refractivity contribution is -0.189. The molecule has 9 nitrogen and oxygen atoms in total. The summed E-state index contributed by atoms with van der Waals surface area (Å²) in [5.74, 6) is -0.574. The van der Waals surface area contributed by atoms with Crippen molar-refractivity contribution in [2.45, 2.75) is 25.2 Å². The SMILES string of the molecule is CO[C@@H](C)c1c(Nc2ccc([C@H](N(C)C(=O)CN3CCN(C)CC3)C(F)(F)F)cc2)cnn2cc(Cl)nc12. The summed E-state index contributed by atoms with van der Waals surface area (Å²) in [5.41, 5.74) is 2.28. The Kier molecular flexibility index (Phi) is 8.46. The summed E-state index contributed by atoms with van der Waals surface area (Å²) in [7, 11) is 4.74. The topological polar surface area (TPSA) is 78.2 Å². The largest absolute Gasteiger partial charge is 0.413 e. The number of hydrogen-bond donors (Lipinski definition) is 1. The van der Waals surface area contributed by atoms with Crippen LogP contribution in [0, 0.1) is 0 Å². The standard InChI is InChI=1S/C25H31ClF3N7O2/c1-16(38-4)22-19(13-30-36-14-20(26)32-24(22)36)31-18-7-5-17(6-8-18)23(25(27,28)29)34(3)21(37)15-35-11-9-33(2)10-12-35/h5-8,13-14,16,23,31H,9-12,15H2,1-4H3/t16-,23-/m0/s1. The van der Waals surface area contributed by atoms with Gasteiger partial charge in [-0.15, -0.1) is 0 Å². The van der Waals surface area contributed by atoms with Gasteiger partial charge in [-0.05, 0) is 31.7 Å². The van der Waals surface area contributed by atoms with Crippen LogP contribution in [0.15, 0.2) is 36.7 Å². The molecule has 0 aliphatic carbocycles. The van der Waals surface area contributed by atoms with Crippen LogP contribution in [0.25, 0.3) is 5.65 Å². The molecule has 1 aliphatic heterocycles. The van der Waals surface area contributed by atoms with Gasteiger partial charge in [-0.3, -0.25) is 9.69 Å². The molecule has 38 heavy (non-hydrogen) atoms. The lowest BCUT2D eigenvalue weighted by Crippen LogP contribution is -2.50. The van der Waals surface area contributed by atoms with Gasteiger partial charge in [-0.1, -0.05) is 23.7 Å². The van der Waals surface area contributed by atoms with E-state index in [9.17, 15) is 18.0 Å². The number of halogens is 4. The number of fused-ring (bicyclic) bond motifs is 1. The summed E-state index contributed by atoms with van der Waals surface area (Å²) in [4.78, 5) is 21.9. The molecule has 0 bridgehead atoms. The Hall–Kier alpha value is -2.93. The molecule has 3 aromatic rings. The van der Waals surface area contributed by atoms with Gasteiger partial charge < -0.3 is 19.9 Å². The number of imidazole rings is 1. The van der Waals surface area contributed by atoms with Crippen LogP contribution >= 0.6 is 11.6 Å². The number of nitrogens with zero attached hydrogens (tertiary/aromatic N) is 6. The number of hydrogen-bond acceptors (Lipinski definition) is 7. The van der Waals surface area contributed by atoms with Gasteiger partial charge in [0.1, 0.15) is 5.15 Å². The van der Waals surface area contributed by atoms with E-state index in [1.54, 1.807) is 19.5 Å². The second kappa shape index (κ2) is 11.4. The number of nitrogens with one attached hydrogen (secondary N) is 1. The normalized spacial score (nSPS) is 16.9. The molecule has 2 aromatic heterocycles. The maximum Gasteiger partial charge on any atom is 0.413 e. The van der Waals surface area contributed by atoms with E-state index < -0.39 is 18.1 Å². The molecule has 1 aliphatic rings. The quantitative estimate of drug-likeness (QED) is 0.449. The highest BCUT2D eigenvalue weighted by molar-refractivity contribution is 6.29. The number of anilines is 2. The summed E-state index contributed by atoms with van der Waals surface area (Å²) in [6, 6.07) is 3.76. The molecule has 1 N–H and O–H groups in total. The minimum atomic E-state index is -4.64. The lowest BCUT2D eigenvalue weighted by Gasteiger charge is -2.35. The second-order valence-electron chi connectivity index (χ2n) is 9.46. The van der Waals surface area contributed by atoms with E-state index in [-0.39, 0.29) is 23.4 Å². The first-order valence-corrected chi connectivity index (χ1v) is 12.5. The predicted octanol–water partition coefficient (Wildman–Crippen LogP) is 4.14. The molecule has 13 heteroatoms. The van der Waals surface area contributed by atoms with Gasteiger partial charge in [0.25, 0.3) is 0 Å². The zero-order valence-corrected chi connectivity index (χ0v) is 22.4. The number of ether oxygens (including phenoxy) is 1. The Morgan fingerprint density at radius 2 is 1.87 bits per heavy atom. The van der Waals surface area contributed by atoms with Crippen molar-refractivity contribution in [3.05, 3.63) is 52.9 Å². The molecule has 1 amide bonds. The van der Waals surface area contributed by atoms with E-state index in [0.717, 1.165) is 18.0 Å². The number of carbonyl (C=O) groups excluding carboxylic acids is 1. The fraction of sp³-hybridized carbons (Fsp3) is 0.480. The zero-order valence-electron chi connectivity index (χ0n) is 21.7. The van der Waals surface area contributed by atoms with Crippen LogP contribution in [0.3, 0.4) is 0 Å². The van der Waals surface area contributed by atoms with Crippen molar-refractivity contribution in [1.29, 1.82) is 0 Å². The van der Waals surface area contributed by atoms with Crippen molar-refractivity contribution >= 4 is 34.5 Å². The Morgan fingerprint density at radius 1 is 1.21 bits per heavy atom. The van der Waals surface area contributed by atoms with Crippen LogP contribution in [0.5, 0.6) is 0 Å².